The van der Waals surface area contributed by atoms with Gasteiger partial charge < -0.3 is 15.0 Å². The second-order valence-corrected chi connectivity index (χ2v) is 7.10. The summed E-state index contributed by atoms with van der Waals surface area (Å²) in [5.41, 5.74) is 0.135. The van der Waals surface area contributed by atoms with Crippen LogP contribution in [0.25, 0.3) is 0 Å². The summed E-state index contributed by atoms with van der Waals surface area (Å²) in [4.78, 5) is 26.4. The summed E-state index contributed by atoms with van der Waals surface area (Å²) in [6, 6.07) is 5.74. The fourth-order valence-corrected chi connectivity index (χ4v) is 3.07. The number of benzene rings is 1. The maximum Gasteiger partial charge on any atom is 0.417 e. The van der Waals surface area contributed by atoms with Crippen molar-refractivity contribution in [1.29, 1.82) is 0 Å². The third kappa shape index (κ3) is 4.73. The number of carbonyl (C=O) groups is 1. The molecule has 31 heavy (non-hydrogen) atoms. The average Bonchev–Trinajstić information content (AvgIpc) is 2.71. The predicted octanol–water partition coefficient (Wildman–Crippen LogP) is 3.72. The lowest BCUT2D eigenvalue weighted by Crippen LogP contribution is -2.54. The molecule has 1 aromatic carbocycles. The van der Waals surface area contributed by atoms with Gasteiger partial charge in [-0.2, -0.15) is 13.2 Å². The number of aromatic nitrogens is 3. The minimum atomic E-state index is -4.54. The number of carbonyl (C=O) groups excluding carboxylic acids is 1. The smallest absolute Gasteiger partial charge is 0.417 e. The maximum absolute atomic E-state index is 12.8. The van der Waals surface area contributed by atoms with Crippen LogP contribution in [0.15, 0.2) is 55.2 Å². The summed E-state index contributed by atoms with van der Waals surface area (Å²) in [5.74, 6) is 0.751. The number of nitrogens with zero attached hydrogens (tertiary/aromatic N) is 4. The second kappa shape index (κ2) is 8.21. The minimum absolute atomic E-state index is 0.0403. The summed E-state index contributed by atoms with van der Waals surface area (Å²) < 4.78 is 44.5. The molecule has 2 aromatic heterocycles. The third-order valence-electron chi connectivity index (χ3n) is 4.79. The van der Waals surface area contributed by atoms with Gasteiger partial charge in [0.1, 0.15) is 17.7 Å². The van der Waals surface area contributed by atoms with Gasteiger partial charge in [0.15, 0.2) is 0 Å². The number of halogens is 3. The molecule has 7 nitrogen and oxygen atoms in total. The Morgan fingerprint density at radius 3 is 2.65 bits per heavy atom. The van der Waals surface area contributed by atoms with Crippen LogP contribution in [0.4, 0.5) is 24.7 Å². The van der Waals surface area contributed by atoms with E-state index in [-0.39, 0.29) is 17.4 Å². The van der Waals surface area contributed by atoms with E-state index in [4.69, 9.17) is 4.74 Å². The van der Waals surface area contributed by atoms with Gasteiger partial charge in [0.25, 0.3) is 5.91 Å². The first-order valence-electron chi connectivity index (χ1n) is 9.41. The van der Waals surface area contributed by atoms with E-state index in [9.17, 15) is 18.0 Å². The topological polar surface area (TPSA) is 80.2 Å². The van der Waals surface area contributed by atoms with Crippen molar-refractivity contribution in [2.75, 3.05) is 23.3 Å². The first-order valence-corrected chi connectivity index (χ1v) is 9.41. The predicted molar refractivity (Wildman–Crippen MR) is 107 cm³/mol. The van der Waals surface area contributed by atoms with Crippen molar-refractivity contribution in [3.8, 4) is 5.75 Å². The van der Waals surface area contributed by atoms with E-state index >= 15 is 0 Å². The summed E-state index contributed by atoms with van der Waals surface area (Å²) >= 11 is 0. The number of hydrogen-bond donors (Lipinski definition) is 1. The molecule has 0 aliphatic carbocycles. The largest absolute Gasteiger partial charge is 0.486 e. The van der Waals surface area contributed by atoms with E-state index < -0.39 is 17.6 Å². The van der Waals surface area contributed by atoms with E-state index in [0.29, 0.717) is 25.0 Å². The van der Waals surface area contributed by atoms with Gasteiger partial charge in [-0.3, -0.25) is 14.8 Å². The van der Waals surface area contributed by atoms with Crippen LogP contribution in [0.1, 0.15) is 21.5 Å². The van der Waals surface area contributed by atoms with Gasteiger partial charge in [-0.05, 0) is 30.7 Å². The lowest BCUT2D eigenvalue weighted by molar-refractivity contribution is -0.137. The number of nitrogens with one attached hydrogen (secondary N) is 1. The zero-order valence-electron chi connectivity index (χ0n) is 16.4. The Hall–Kier alpha value is -3.69. The Kier molecular flexibility index (Phi) is 5.45. The Bertz CT molecular complexity index is 1090. The fraction of sp³-hybridized carbons (Fsp3) is 0.238. The van der Waals surface area contributed by atoms with Gasteiger partial charge in [-0.25, -0.2) is 4.98 Å². The molecule has 3 heterocycles. The van der Waals surface area contributed by atoms with E-state index in [1.807, 2.05) is 11.8 Å². The average molecular weight is 429 g/mol. The van der Waals surface area contributed by atoms with Crippen LogP contribution in [-0.4, -0.2) is 40.1 Å². The van der Waals surface area contributed by atoms with Crippen molar-refractivity contribution in [1.82, 2.24) is 15.0 Å². The van der Waals surface area contributed by atoms with Crippen molar-refractivity contribution in [2.45, 2.75) is 19.2 Å². The van der Waals surface area contributed by atoms with E-state index in [0.717, 1.165) is 23.6 Å². The molecule has 10 heteroatoms. The fourth-order valence-electron chi connectivity index (χ4n) is 3.07. The van der Waals surface area contributed by atoms with Crippen LogP contribution in [-0.2, 0) is 6.18 Å². The molecule has 0 saturated carbocycles. The van der Waals surface area contributed by atoms with Gasteiger partial charge in [-0.1, -0.05) is 6.07 Å². The summed E-state index contributed by atoms with van der Waals surface area (Å²) in [6.07, 6.45) is 2.15. The monoisotopic (exact) mass is 429 g/mol. The molecule has 0 atom stereocenters. The zero-order chi connectivity index (χ0) is 22.0. The summed E-state index contributed by atoms with van der Waals surface area (Å²) in [7, 11) is 0. The Morgan fingerprint density at radius 2 is 1.94 bits per heavy atom. The van der Waals surface area contributed by atoms with Crippen molar-refractivity contribution < 1.29 is 22.7 Å². The Labute approximate surface area is 175 Å². The number of anilines is 2. The first-order chi connectivity index (χ1) is 14.8. The van der Waals surface area contributed by atoms with Gasteiger partial charge in [0, 0.05) is 24.2 Å². The zero-order valence-corrected chi connectivity index (χ0v) is 16.4. The number of aryl methyl sites for hydroxylation is 1. The van der Waals surface area contributed by atoms with Gasteiger partial charge in [-0.15, -0.1) is 0 Å². The molecule has 1 fully saturated rings. The minimum Gasteiger partial charge on any atom is -0.486 e. The van der Waals surface area contributed by atoms with Gasteiger partial charge in [0.05, 0.1) is 36.7 Å². The quantitative estimate of drug-likeness (QED) is 0.666. The van der Waals surface area contributed by atoms with Crippen LogP contribution in [0.5, 0.6) is 5.75 Å². The summed E-state index contributed by atoms with van der Waals surface area (Å²) in [6.45, 7) is 3.11. The molecule has 0 spiro atoms. The molecule has 1 saturated heterocycles. The van der Waals surface area contributed by atoms with E-state index in [1.165, 1.54) is 0 Å². The van der Waals surface area contributed by atoms with Crippen LogP contribution in [0, 0.1) is 6.92 Å². The molecule has 160 valence electrons. The highest BCUT2D eigenvalue weighted by atomic mass is 19.4. The molecular formula is C21H18F3N5O2. The highest BCUT2D eigenvalue weighted by Crippen LogP contribution is 2.30. The number of rotatable bonds is 5. The Morgan fingerprint density at radius 1 is 1.13 bits per heavy atom. The lowest BCUT2D eigenvalue weighted by atomic mass is 10.1. The molecule has 1 aliphatic rings. The van der Waals surface area contributed by atoms with Crippen LogP contribution in [0.2, 0.25) is 0 Å². The van der Waals surface area contributed by atoms with Crippen LogP contribution >= 0.6 is 0 Å². The highest BCUT2D eigenvalue weighted by molar-refractivity contribution is 6.04. The van der Waals surface area contributed by atoms with Crippen LogP contribution in [0.3, 0.4) is 0 Å². The number of pyridine rings is 1. The molecular weight excluding hydrogens is 411 g/mol. The standard InChI is InChI=1S/C21H18F3N5O2/c1-13-2-3-14(20(30)28-16-7-15(8-26-9-16)21(22,23)24)6-18(13)31-17-11-29(12-17)19-10-25-4-5-27-19/h2-10,17H,11-12H2,1H3,(H,28,30). The molecule has 4 rings (SSSR count). The molecule has 0 unspecified atom stereocenters. The first kappa shape index (κ1) is 20.6. The number of ether oxygens (including phenoxy) is 1. The van der Waals surface area contributed by atoms with Crippen molar-refractivity contribution in [3.63, 3.8) is 0 Å². The highest BCUT2D eigenvalue weighted by Gasteiger charge is 2.32. The number of alkyl halides is 3. The van der Waals surface area contributed by atoms with Crippen LogP contribution < -0.4 is 15.0 Å². The second-order valence-electron chi connectivity index (χ2n) is 7.10. The third-order valence-corrected chi connectivity index (χ3v) is 4.79. The normalized spacial score (nSPS) is 14.1. The van der Waals surface area contributed by atoms with Crippen molar-refractivity contribution in [3.05, 3.63) is 71.9 Å². The summed E-state index contributed by atoms with van der Waals surface area (Å²) in [5, 5.41) is 2.45. The number of hydrogen-bond acceptors (Lipinski definition) is 6. The SMILES string of the molecule is Cc1ccc(C(=O)Nc2cncc(C(F)(F)F)c2)cc1OC1CN(c2cnccn2)C1. The van der Waals surface area contributed by atoms with Gasteiger partial charge in [0.2, 0.25) is 0 Å². The molecule has 3 aromatic rings. The van der Waals surface area contributed by atoms with E-state index in [1.54, 1.807) is 36.8 Å². The molecule has 0 radical (unpaired) electrons. The van der Waals surface area contributed by atoms with Crippen molar-refractivity contribution in [2.24, 2.45) is 0 Å². The van der Waals surface area contributed by atoms with Gasteiger partial charge >= 0.3 is 6.18 Å². The molecule has 1 amide bonds. The Balaban J connectivity index is 1.41. The molecule has 1 N–H and O–H groups in total. The molecule has 0 bridgehead atoms. The lowest BCUT2D eigenvalue weighted by Gasteiger charge is -2.39. The van der Waals surface area contributed by atoms with Crippen molar-refractivity contribution >= 4 is 17.4 Å². The van der Waals surface area contributed by atoms with E-state index in [2.05, 4.69) is 20.3 Å². The number of amides is 1. The maximum atomic E-state index is 12.8. The molecule has 1 aliphatic heterocycles.